The van der Waals surface area contributed by atoms with E-state index in [1.54, 1.807) is 0 Å². The Hall–Kier alpha value is -5.76. The lowest BCUT2D eigenvalue weighted by atomic mass is 9.98. The Bertz CT molecular complexity index is 2580. The highest BCUT2D eigenvalue weighted by molar-refractivity contribution is 7.85. The second-order valence-corrected chi connectivity index (χ2v) is 14.6. The number of aromatic nitrogens is 1. The van der Waals surface area contributed by atoms with Crippen LogP contribution in [0.1, 0.15) is 0 Å². The van der Waals surface area contributed by atoms with Gasteiger partial charge < -0.3 is 8.98 Å². The summed E-state index contributed by atoms with van der Waals surface area (Å²) < 4.78 is 21.4. The highest BCUT2D eigenvalue weighted by atomic mass is 31.2. The second-order valence-electron chi connectivity index (χ2n) is 11.8. The van der Waals surface area contributed by atoms with Crippen LogP contribution in [-0.4, -0.2) is 4.98 Å². The number of hydrogen-bond donors (Lipinski definition) is 0. The van der Waals surface area contributed by atoms with Crippen molar-refractivity contribution in [2.45, 2.75) is 0 Å². The van der Waals surface area contributed by atoms with Gasteiger partial charge in [0.25, 0.3) is 0 Å². The van der Waals surface area contributed by atoms with Gasteiger partial charge in [-0.15, -0.1) is 0 Å². The first-order valence-electron chi connectivity index (χ1n) is 15.7. The molecule has 0 aliphatic rings. The molecule has 0 aliphatic heterocycles. The number of furan rings is 1. The van der Waals surface area contributed by atoms with Crippen molar-refractivity contribution in [3.8, 4) is 22.4 Å². The van der Waals surface area contributed by atoms with Gasteiger partial charge in [-0.3, -0.25) is 0 Å². The zero-order valence-electron chi connectivity index (χ0n) is 25.4. The minimum atomic E-state index is -3.03. The zero-order valence-corrected chi connectivity index (χ0v) is 26.3. The number of hydrogen-bond acceptors (Lipinski definition) is 3. The first-order chi connectivity index (χ1) is 23.2. The Morgan fingerprint density at radius 3 is 1.66 bits per heavy atom. The molecule has 0 fully saturated rings. The van der Waals surface area contributed by atoms with Crippen LogP contribution in [0, 0.1) is 0 Å². The van der Waals surface area contributed by atoms with Crippen molar-refractivity contribution in [1.29, 1.82) is 0 Å². The summed E-state index contributed by atoms with van der Waals surface area (Å²) in [7, 11) is -3.03. The molecule has 0 aliphatic carbocycles. The maximum absolute atomic E-state index is 14.8. The molecule has 7 aromatic carbocycles. The predicted molar refractivity (Wildman–Crippen MR) is 197 cm³/mol. The zero-order chi connectivity index (χ0) is 31.4. The van der Waals surface area contributed by atoms with Gasteiger partial charge in [0.15, 0.2) is 7.14 Å². The average Bonchev–Trinajstić information content (AvgIpc) is 3.55. The summed E-state index contributed by atoms with van der Waals surface area (Å²) in [6, 6.07) is 57.1. The van der Waals surface area contributed by atoms with E-state index in [0.29, 0.717) is 0 Å². The first kappa shape index (κ1) is 27.5. The molecule has 9 rings (SSSR count). The van der Waals surface area contributed by atoms with E-state index >= 15 is 0 Å². The van der Waals surface area contributed by atoms with Crippen molar-refractivity contribution >= 4 is 66.7 Å². The summed E-state index contributed by atoms with van der Waals surface area (Å²) in [6.07, 6.45) is 0. The molecule has 2 heterocycles. The van der Waals surface area contributed by atoms with Crippen molar-refractivity contribution in [3.63, 3.8) is 0 Å². The van der Waals surface area contributed by atoms with Gasteiger partial charge in [-0.05, 0) is 34.0 Å². The topological polar surface area (TPSA) is 43.1 Å². The van der Waals surface area contributed by atoms with Crippen LogP contribution in [0.2, 0.25) is 0 Å². The molecule has 0 radical (unpaired) electrons. The fraction of sp³-hybridized carbons (Fsp3) is 0. The van der Waals surface area contributed by atoms with E-state index < -0.39 is 7.14 Å². The third-order valence-corrected chi connectivity index (χ3v) is 12.2. The van der Waals surface area contributed by atoms with E-state index in [2.05, 4.69) is 84.9 Å². The summed E-state index contributed by atoms with van der Waals surface area (Å²) in [6.45, 7) is 0. The highest BCUT2D eigenvalue weighted by Gasteiger charge is 2.29. The molecular formula is C43H28NO2P. The van der Waals surface area contributed by atoms with Gasteiger partial charge in [-0.25, -0.2) is 4.98 Å². The Morgan fingerprint density at radius 2 is 0.979 bits per heavy atom. The van der Waals surface area contributed by atoms with E-state index in [0.717, 1.165) is 81.9 Å². The fourth-order valence-electron chi connectivity index (χ4n) is 6.84. The molecule has 0 saturated carbocycles. The maximum atomic E-state index is 14.8. The largest absolute Gasteiger partial charge is 0.455 e. The van der Waals surface area contributed by atoms with Crippen molar-refractivity contribution in [3.05, 3.63) is 170 Å². The molecular weight excluding hydrogens is 593 g/mol. The molecule has 0 amide bonds. The van der Waals surface area contributed by atoms with Gasteiger partial charge in [0.1, 0.15) is 11.2 Å². The Kier molecular flexibility index (Phi) is 6.41. The minimum Gasteiger partial charge on any atom is -0.455 e. The van der Waals surface area contributed by atoms with Gasteiger partial charge in [-0.2, -0.15) is 0 Å². The molecule has 47 heavy (non-hydrogen) atoms. The number of benzene rings is 7. The van der Waals surface area contributed by atoms with Gasteiger partial charge in [0.2, 0.25) is 0 Å². The van der Waals surface area contributed by atoms with Crippen LogP contribution in [0.4, 0.5) is 0 Å². The lowest BCUT2D eigenvalue weighted by molar-refractivity contribution is 0.592. The second kappa shape index (κ2) is 10.9. The monoisotopic (exact) mass is 621 g/mol. The van der Waals surface area contributed by atoms with Crippen LogP contribution in [0.3, 0.4) is 0 Å². The van der Waals surface area contributed by atoms with Crippen molar-refractivity contribution in [2.24, 2.45) is 0 Å². The number of rotatable bonds is 5. The van der Waals surface area contributed by atoms with E-state index in [1.165, 1.54) is 0 Å². The summed E-state index contributed by atoms with van der Waals surface area (Å²) in [5.41, 5.74) is 6.69. The first-order valence-corrected chi connectivity index (χ1v) is 17.4. The summed E-state index contributed by atoms with van der Waals surface area (Å²) in [5.74, 6) is 0. The van der Waals surface area contributed by atoms with E-state index in [-0.39, 0.29) is 0 Å². The van der Waals surface area contributed by atoms with E-state index in [9.17, 15) is 4.57 Å². The van der Waals surface area contributed by atoms with E-state index in [1.807, 2.05) is 84.9 Å². The smallest absolute Gasteiger partial charge is 0.171 e. The Balaban J connectivity index is 1.14. The molecule has 0 saturated heterocycles. The van der Waals surface area contributed by atoms with Gasteiger partial charge in [0, 0.05) is 26.9 Å². The molecule has 3 nitrogen and oxygen atoms in total. The third kappa shape index (κ3) is 4.43. The molecule has 4 heteroatoms. The Morgan fingerprint density at radius 1 is 0.447 bits per heavy atom. The van der Waals surface area contributed by atoms with Crippen LogP contribution in [-0.2, 0) is 4.57 Å². The number of nitrogens with zero attached hydrogens (tertiary/aromatic N) is 1. The molecule has 0 N–H and O–H groups in total. The molecule has 0 spiro atoms. The highest BCUT2D eigenvalue weighted by Crippen LogP contribution is 2.44. The minimum absolute atomic E-state index is 0.817. The van der Waals surface area contributed by atoms with Crippen molar-refractivity contribution in [1.82, 2.24) is 4.98 Å². The van der Waals surface area contributed by atoms with Crippen LogP contribution < -0.4 is 15.9 Å². The van der Waals surface area contributed by atoms with Crippen molar-refractivity contribution in [2.75, 3.05) is 0 Å². The number of fused-ring (bicyclic) bond motifs is 7. The number of pyridine rings is 1. The predicted octanol–water partition coefficient (Wildman–Crippen LogP) is 10.3. The van der Waals surface area contributed by atoms with E-state index in [4.69, 9.17) is 9.40 Å². The molecule has 9 aromatic rings. The molecule has 222 valence electrons. The molecule has 0 bridgehead atoms. The summed E-state index contributed by atoms with van der Waals surface area (Å²) in [4.78, 5) is 5.25. The van der Waals surface area contributed by atoms with Gasteiger partial charge in [0.05, 0.1) is 22.0 Å². The SMILES string of the molecule is O=P(c1ccccc1)(c1ccccc1)c1ccc(-c2ccc(-c3nc4ccc5ccccc5c4c4oc5ccccc5c34)cc2)cc1. The molecule has 2 aromatic heterocycles. The third-order valence-electron chi connectivity index (χ3n) is 9.16. The summed E-state index contributed by atoms with van der Waals surface area (Å²) in [5, 5.41) is 7.90. The maximum Gasteiger partial charge on any atom is 0.171 e. The molecule has 0 unspecified atom stereocenters. The number of para-hydroxylation sites is 1. The molecule has 0 atom stereocenters. The van der Waals surface area contributed by atoms with Gasteiger partial charge in [-0.1, -0.05) is 158 Å². The summed E-state index contributed by atoms with van der Waals surface area (Å²) >= 11 is 0. The normalized spacial score (nSPS) is 11.9. The quantitative estimate of drug-likeness (QED) is 0.142. The lowest BCUT2D eigenvalue weighted by Crippen LogP contribution is -2.24. The standard InChI is InChI=1S/C43H28NO2P/c45-47(33-12-3-1-4-13-33,34-14-5-2-6-15-34)35-26-23-30(24-27-35)29-19-21-32(22-20-29)42-41-37-17-9-10-18-39(37)46-43(41)40-36-16-8-7-11-31(36)25-28-38(40)44-42/h1-28H. The van der Waals surface area contributed by atoms with Crippen LogP contribution in [0.5, 0.6) is 0 Å². The lowest BCUT2D eigenvalue weighted by Gasteiger charge is -2.20. The fourth-order valence-corrected chi connectivity index (χ4v) is 9.49. The van der Waals surface area contributed by atoms with Gasteiger partial charge >= 0.3 is 0 Å². The Labute approximate surface area is 272 Å². The van der Waals surface area contributed by atoms with Crippen molar-refractivity contribution < 1.29 is 8.98 Å². The van der Waals surface area contributed by atoms with Crippen LogP contribution >= 0.6 is 7.14 Å². The van der Waals surface area contributed by atoms with Crippen LogP contribution in [0.15, 0.2) is 174 Å². The average molecular weight is 622 g/mol. The van der Waals surface area contributed by atoms with Crippen LogP contribution in [0.25, 0.3) is 66.0 Å².